The molecule has 23 heavy (non-hydrogen) atoms. The molecule has 0 aliphatic heterocycles. The van der Waals surface area contributed by atoms with Gasteiger partial charge in [-0.3, -0.25) is 10.1 Å². The van der Waals surface area contributed by atoms with Gasteiger partial charge in [0.2, 0.25) is 5.91 Å². The smallest absolute Gasteiger partial charge is 0.338 e. The first-order chi connectivity index (χ1) is 10.6. The van der Waals surface area contributed by atoms with Crippen molar-refractivity contribution in [2.24, 2.45) is 5.92 Å². The van der Waals surface area contributed by atoms with Crippen LogP contribution < -0.4 is 10.6 Å². The second kappa shape index (κ2) is 8.44. The Morgan fingerprint density at radius 2 is 1.96 bits per heavy atom. The van der Waals surface area contributed by atoms with E-state index in [1.165, 1.54) is 6.07 Å². The van der Waals surface area contributed by atoms with Crippen LogP contribution in [0.1, 0.15) is 19.4 Å². The number of hydrogen-bond donors (Lipinski definition) is 2. The fourth-order valence-electron chi connectivity index (χ4n) is 1.46. The number of imide groups is 1. The molecule has 0 aliphatic rings. The number of halogens is 4. The summed E-state index contributed by atoms with van der Waals surface area (Å²) in [6, 6.07) is 2.75. The molecule has 0 radical (unpaired) electrons. The summed E-state index contributed by atoms with van der Waals surface area (Å²) in [6.45, 7) is 4.21. The molecule has 0 saturated heterocycles. The van der Waals surface area contributed by atoms with Crippen LogP contribution >= 0.6 is 23.4 Å². The van der Waals surface area contributed by atoms with Crippen LogP contribution in [-0.2, 0) is 11.0 Å². The predicted molar refractivity (Wildman–Crippen MR) is 83.6 cm³/mol. The Balaban J connectivity index is 2.55. The van der Waals surface area contributed by atoms with Crippen molar-refractivity contribution in [1.82, 2.24) is 10.6 Å². The van der Waals surface area contributed by atoms with E-state index in [9.17, 15) is 22.8 Å². The summed E-state index contributed by atoms with van der Waals surface area (Å²) in [4.78, 5) is 23.2. The van der Waals surface area contributed by atoms with Crippen LogP contribution in [0.2, 0.25) is 5.02 Å². The first-order valence-corrected chi connectivity index (χ1v) is 8.03. The third-order valence-electron chi connectivity index (χ3n) is 2.54. The molecule has 4 nitrogen and oxygen atoms in total. The molecule has 0 bridgehead atoms. The van der Waals surface area contributed by atoms with E-state index in [1.807, 2.05) is 13.8 Å². The SMILES string of the molecule is CC(C)CNC(=O)NC(=O)CSc1ccc(Cl)c(C(F)(F)F)c1. The molecule has 0 heterocycles. The van der Waals surface area contributed by atoms with Crippen molar-refractivity contribution in [3.8, 4) is 0 Å². The van der Waals surface area contributed by atoms with Crippen LogP contribution in [0.15, 0.2) is 23.1 Å². The molecule has 3 amide bonds. The van der Waals surface area contributed by atoms with E-state index < -0.39 is 28.7 Å². The van der Waals surface area contributed by atoms with Crippen LogP contribution in [0.4, 0.5) is 18.0 Å². The molecule has 9 heteroatoms. The summed E-state index contributed by atoms with van der Waals surface area (Å²) < 4.78 is 38.2. The van der Waals surface area contributed by atoms with Crippen LogP contribution in [0.25, 0.3) is 0 Å². The summed E-state index contributed by atoms with van der Waals surface area (Å²) in [5.41, 5.74) is -0.959. The maximum Gasteiger partial charge on any atom is 0.417 e. The second-order valence-corrected chi connectivity index (χ2v) is 6.54. The molecular weight excluding hydrogens is 353 g/mol. The van der Waals surface area contributed by atoms with E-state index in [4.69, 9.17) is 11.6 Å². The topological polar surface area (TPSA) is 58.2 Å². The molecular formula is C14H16ClF3N2O2S. The van der Waals surface area contributed by atoms with Gasteiger partial charge < -0.3 is 5.32 Å². The normalized spacial score (nSPS) is 11.4. The molecule has 1 rings (SSSR count). The molecule has 0 unspecified atom stereocenters. The summed E-state index contributed by atoms with van der Waals surface area (Å²) in [5, 5.41) is 4.20. The summed E-state index contributed by atoms with van der Waals surface area (Å²) >= 11 is 6.39. The minimum Gasteiger partial charge on any atom is -0.338 e. The van der Waals surface area contributed by atoms with Crippen molar-refractivity contribution < 1.29 is 22.8 Å². The fraction of sp³-hybridized carbons (Fsp3) is 0.429. The van der Waals surface area contributed by atoms with Gasteiger partial charge in [-0.1, -0.05) is 25.4 Å². The van der Waals surface area contributed by atoms with Crippen molar-refractivity contribution >= 4 is 35.3 Å². The third kappa shape index (κ3) is 7.13. The lowest BCUT2D eigenvalue weighted by atomic mass is 10.2. The third-order valence-corrected chi connectivity index (χ3v) is 3.86. The number of nitrogens with one attached hydrogen (secondary N) is 2. The van der Waals surface area contributed by atoms with Gasteiger partial charge in [-0.15, -0.1) is 11.8 Å². The number of amides is 3. The van der Waals surface area contributed by atoms with E-state index >= 15 is 0 Å². The lowest BCUT2D eigenvalue weighted by Crippen LogP contribution is -2.41. The minimum atomic E-state index is -4.56. The van der Waals surface area contributed by atoms with E-state index in [1.54, 1.807) is 0 Å². The summed E-state index contributed by atoms with van der Waals surface area (Å²) in [6.07, 6.45) is -4.56. The summed E-state index contributed by atoms with van der Waals surface area (Å²) in [5.74, 6) is -0.548. The van der Waals surface area contributed by atoms with Crippen molar-refractivity contribution in [1.29, 1.82) is 0 Å². The summed E-state index contributed by atoms with van der Waals surface area (Å²) in [7, 11) is 0. The molecule has 1 aromatic carbocycles. The number of urea groups is 1. The first kappa shape index (κ1) is 19.6. The van der Waals surface area contributed by atoms with Crippen LogP contribution in [0.3, 0.4) is 0 Å². The van der Waals surface area contributed by atoms with E-state index in [0.717, 1.165) is 23.9 Å². The Bertz CT molecular complexity index is 580. The zero-order chi connectivity index (χ0) is 17.6. The number of benzene rings is 1. The van der Waals surface area contributed by atoms with Gasteiger partial charge in [-0.2, -0.15) is 13.2 Å². The zero-order valence-corrected chi connectivity index (χ0v) is 14.0. The predicted octanol–water partition coefficient (Wildman–Crippen LogP) is 3.93. The van der Waals surface area contributed by atoms with Gasteiger partial charge in [0.25, 0.3) is 0 Å². The molecule has 1 aromatic rings. The molecule has 2 N–H and O–H groups in total. The van der Waals surface area contributed by atoms with Crippen molar-refractivity contribution in [3.63, 3.8) is 0 Å². The zero-order valence-electron chi connectivity index (χ0n) is 12.5. The molecule has 0 saturated carbocycles. The maximum absolute atomic E-state index is 12.7. The Morgan fingerprint density at radius 3 is 2.52 bits per heavy atom. The Kier molecular flexibility index (Phi) is 7.21. The fourth-order valence-corrected chi connectivity index (χ4v) is 2.42. The van der Waals surface area contributed by atoms with Crippen LogP contribution in [0.5, 0.6) is 0 Å². The Morgan fingerprint density at radius 1 is 1.30 bits per heavy atom. The molecule has 0 aliphatic carbocycles. The number of hydrogen-bond acceptors (Lipinski definition) is 3. The highest BCUT2D eigenvalue weighted by atomic mass is 35.5. The van der Waals surface area contributed by atoms with Gasteiger partial charge in [0.15, 0.2) is 0 Å². The molecule has 0 fully saturated rings. The number of thioether (sulfide) groups is 1. The minimum absolute atomic E-state index is 0.186. The van der Waals surface area contributed by atoms with Gasteiger partial charge in [-0.25, -0.2) is 4.79 Å². The van der Waals surface area contributed by atoms with Crippen LogP contribution in [0, 0.1) is 5.92 Å². The lowest BCUT2D eigenvalue weighted by Gasteiger charge is -2.11. The second-order valence-electron chi connectivity index (χ2n) is 5.08. The molecule has 0 aromatic heterocycles. The number of alkyl halides is 3. The van der Waals surface area contributed by atoms with Gasteiger partial charge in [0.05, 0.1) is 16.3 Å². The lowest BCUT2D eigenvalue weighted by molar-refractivity contribution is -0.137. The number of carbonyl (C=O) groups excluding carboxylic acids is 2. The highest BCUT2D eigenvalue weighted by molar-refractivity contribution is 8.00. The van der Waals surface area contributed by atoms with Gasteiger partial charge in [0, 0.05) is 11.4 Å². The Hall–Kier alpha value is -1.41. The maximum atomic E-state index is 12.7. The van der Waals surface area contributed by atoms with Crippen molar-refractivity contribution in [2.45, 2.75) is 24.9 Å². The standard InChI is InChI=1S/C14H16ClF3N2O2S/c1-8(2)6-19-13(22)20-12(21)7-23-9-3-4-11(15)10(5-9)14(16,17)18/h3-5,8H,6-7H2,1-2H3,(H2,19,20,21,22). The van der Waals surface area contributed by atoms with Crippen molar-refractivity contribution in [3.05, 3.63) is 28.8 Å². The quantitative estimate of drug-likeness (QED) is 0.774. The van der Waals surface area contributed by atoms with Crippen LogP contribution in [-0.4, -0.2) is 24.2 Å². The number of rotatable bonds is 5. The Labute approximate surface area is 141 Å². The monoisotopic (exact) mass is 368 g/mol. The molecule has 0 spiro atoms. The van der Waals surface area contributed by atoms with E-state index in [0.29, 0.717) is 6.54 Å². The average Bonchev–Trinajstić information content (AvgIpc) is 2.43. The molecule has 0 atom stereocenters. The highest BCUT2D eigenvalue weighted by Gasteiger charge is 2.33. The number of carbonyl (C=O) groups is 2. The van der Waals surface area contributed by atoms with Gasteiger partial charge >= 0.3 is 12.2 Å². The van der Waals surface area contributed by atoms with Gasteiger partial charge in [-0.05, 0) is 24.1 Å². The van der Waals surface area contributed by atoms with E-state index in [-0.39, 0.29) is 16.6 Å². The van der Waals surface area contributed by atoms with Crippen molar-refractivity contribution in [2.75, 3.05) is 12.3 Å². The largest absolute Gasteiger partial charge is 0.417 e. The highest BCUT2D eigenvalue weighted by Crippen LogP contribution is 2.36. The van der Waals surface area contributed by atoms with E-state index in [2.05, 4.69) is 10.6 Å². The van der Waals surface area contributed by atoms with Gasteiger partial charge in [0.1, 0.15) is 0 Å². The average molecular weight is 369 g/mol. The molecule has 128 valence electrons. The first-order valence-electron chi connectivity index (χ1n) is 6.67.